The predicted molar refractivity (Wildman–Crippen MR) is 73.4 cm³/mol. The van der Waals surface area contributed by atoms with Crippen LogP contribution in [0.2, 0.25) is 0 Å². The fraction of sp³-hybridized carbons (Fsp3) is 0.533. The lowest BCUT2D eigenvalue weighted by atomic mass is 10.0. The fourth-order valence-electron chi connectivity index (χ4n) is 2.45. The summed E-state index contributed by atoms with van der Waals surface area (Å²) in [4.78, 5) is 14.1. The molecule has 0 aromatic heterocycles. The molecule has 0 spiro atoms. The Labute approximate surface area is 114 Å². The number of phenolic OH excluding ortho intramolecular Hbond substituents is 1. The molecule has 0 atom stereocenters. The molecule has 0 radical (unpaired) electrons. The molecule has 4 nitrogen and oxygen atoms in total. The standard InChI is InChI=1S/C15H21NO3/c1-3-19-12-6-8-16(9-7-12)15(18)13-5-4-11(2)10-14(13)17/h4-5,10,12,17H,3,6-9H2,1-2H3. The normalized spacial score (nSPS) is 16.6. The zero-order chi connectivity index (χ0) is 13.8. The van der Waals surface area contributed by atoms with Gasteiger partial charge in [0, 0.05) is 19.7 Å². The highest BCUT2D eigenvalue weighted by atomic mass is 16.5. The summed E-state index contributed by atoms with van der Waals surface area (Å²) in [6.45, 7) is 5.98. The lowest BCUT2D eigenvalue weighted by Gasteiger charge is -2.32. The van der Waals surface area contributed by atoms with Crippen molar-refractivity contribution in [3.05, 3.63) is 29.3 Å². The maximum atomic E-state index is 12.3. The largest absolute Gasteiger partial charge is 0.507 e. The smallest absolute Gasteiger partial charge is 0.257 e. The molecule has 1 aromatic rings. The first-order chi connectivity index (χ1) is 9.11. The quantitative estimate of drug-likeness (QED) is 0.910. The van der Waals surface area contributed by atoms with Crippen LogP contribution in [0.15, 0.2) is 18.2 Å². The summed E-state index contributed by atoms with van der Waals surface area (Å²) in [6, 6.07) is 5.17. The molecule has 1 saturated heterocycles. The number of aryl methyl sites for hydroxylation is 1. The van der Waals surface area contributed by atoms with Gasteiger partial charge in [-0.2, -0.15) is 0 Å². The van der Waals surface area contributed by atoms with E-state index < -0.39 is 0 Å². The van der Waals surface area contributed by atoms with Gasteiger partial charge in [0.2, 0.25) is 0 Å². The van der Waals surface area contributed by atoms with Gasteiger partial charge in [-0.05, 0) is 44.4 Å². The van der Waals surface area contributed by atoms with Gasteiger partial charge in [-0.15, -0.1) is 0 Å². The molecule has 1 aromatic carbocycles. The van der Waals surface area contributed by atoms with Crippen molar-refractivity contribution in [1.29, 1.82) is 0 Å². The molecule has 19 heavy (non-hydrogen) atoms. The van der Waals surface area contributed by atoms with Gasteiger partial charge in [-0.25, -0.2) is 0 Å². The summed E-state index contributed by atoms with van der Waals surface area (Å²) in [6.07, 6.45) is 2.00. The van der Waals surface area contributed by atoms with Gasteiger partial charge < -0.3 is 14.7 Å². The van der Waals surface area contributed by atoms with Crippen LogP contribution in [-0.2, 0) is 4.74 Å². The number of carbonyl (C=O) groups excluding carboxylic acids is 1. The van der Waals surface area contributed by atoms with E-state index in [9.17, 15) is 9.90 Å². The summed E-state index contributed by atoms with van der Waals surface area (Å²) < 4.78 is 5.57. The number of aromatic hydroxyl groups is 1. The van der Waals surface area contributed by atoms with Crippen LogP contribution >= 0.6 is 0 Å². The number of hydrogen-bond donors (Lipinski definition) is 1. The topological polar surface area (TPSA) is 49.8 Å². The maximum absolute atomic E-state index is 12.3. The molecule has 2 rings (SSSR count). The maximum Gasteiger partial charge on any atom is 0.257 e. The Hall–Kier alpha value is -1.55. The van der Waals surface area contributed by atoms with Gasteiger partial charge in [-0.1, -0.05) is 6.07 Å². The summed E-state index contributed by atoms with van der Waals surface area (Å²) in [5.74, 6) is -0.0237. The van der Waals surface area contributed by atoms with Gasteiger partial charge in [0.15, 0.2) is 0 Å². The molecule has 1 aliphatic heterocycles. The van der Waals surface area contributed by atoms with Gasteiger partial charge >= 0.3 is 0 Å². The van der Waals surface area contributed by atoms with E-state index in [0.717, 1.165) is 25.0 Å². The highest BCUT2D eigenvalue weighted by Gasteiger charge is 2.25. The van der Waals surface area contributed by atoms with E-state index in [2.05, 4.69) is 0 Å². The Bertz CT molecular complexity index is 451. The molecular weight excluding hydrogens is 242 g/mol. The van der Waals surface area contributed by atoms with E-state index in [1.807, 2.05) is 19.9 Å². The second kappa shape index (κ2) is 6.06. The molecule has 1 heterocycles. The molecule has 0 aliphatic carbocycles. The van der Waals surface area contributed by atoms with Crippen LogP contribution in [-0.4, -0.2) is 41.7 Å². The lowest BCUT2D eigenvalue weighted by Crippen LogP contribution is -2.40. The summed E-state index contributed by atoms with van der Waals surface area (Å²) in [7, 11) is 0. The van der Waals surface area contributed by atoms with E-state index >= 15 is 0 Å². The molecule has 0 unspecified atom stereocenters. The molecule has 104 valence electrons. The number of carbonyl (C=O) groups is 1. The van der Waals surface area contributed by atoms with Crippen LogP contribution in [0.1, 0.15) is 35.7 Å². The number of nitrogens with zero attached hydrogens (tertiary/aromatic N) is 1. The van der Waals surface area contributed by atoms with Crippen molar-refractivity contribution in [3.8, 4) is 5.75 Å². The van der Waals surface area contributed by atoms with Crippen LogP contribution in [0.5, 0.6) is 5.75 Å². The number of ether oxygens (including phenoxy) is 1. The van der Waals surface area contributed by atoms with Crippen molar-refractivity contribution in [2.24, 2.45) is 0 Å². The second-order valence-corrected chi connectivity index (χ2v) is 4.97. The molecule has 4 heteroatoms. The highest BCUT2D eigenvalue weighted by molar-refractivity contribution is 5.97. The van der Waals surface area contributed by atoms with E-state index in [-0.39, 0.29) is 17.8 Å². The summed E-state index contributed by atoms with van der Waals surface area (Å²) >= 11 is 0. The number of hydrogen-bond acceptors (Lipinski definition) is 3. The van der Waals surface area contributed by atoms with Crippen molar-refractivity contribution in [2.45, 2.75) is 32.8 Å². The predicted octanol–water partition coefficient (Wildman–Crippen LogP) is 2.34. The van der Waals surface area contributed by atoms with E-state index in [0.29, 0.717) is 18.7 Å². The van der Waals surface area contributed by atoms with Crippen LogP contribution in [0.25, 0.3) is 0 Å². The van der Waals surface area contributed by atoms with Gasteiger partial charge in [0.25, 0.3) is 5.91 Å². The third kappa shape index (κ3) is 3.26. The van der Waals surface area contributed by atoms with E-state index in [1.54, 1.807) is 17.0 Å². The van der Waals surface area contributed by atoms with Crippen molar-refractivity contribution in [2.75, 3.05) is 19.7 Å². The average Bonchev–Trinajstić information content (AvgIpc) is 2.39. The number of benzene rings is 1. The number of amides is 1. The third-order valence-electron chi connectivity index (χ3n) is 3.52. The number of phenols is 1. The third-order valence-corrected chi connectivity index (χ3v) is 3.52. The Balaban J connectivity index is 2.01. The molecule has 1 aliphatic rings. The van der Waals surface area contributed by atoms with Crippen molar-refractivity contribution in [3.63, 3.8) is 0 Å². The van der Waals surface area contributed by atoms with Crippen molar-refractivity contribution < 1.29 is 14.6 Å². The fourth-order valence-corrected chi connectivity index (χ4v) is 2.45. The van der Waals surface area contributed by atoms with Crippen molar-refractivity contribution >= 4 is 5.91 Å². The summed E-state index contributed by atoms with van der Waals surface area (Å²) in [5, 5.41) is 9.86. The van der Waals surface area contributed by atoms with Crippen LogP contribution in [0.3, 0.4) is 0 Å². The minimum absolute atomic E-state index is 0.0666. The Kier molecular flexibility index (Phi) is 4.43. The van der Waals surface area contributed by atoms with Gasteiger partial charge in [0.1, 0.15) is 5.75 Å². The van der Waals surface area contributed by atoms with Gasteiger partial charge in [0.05, 0.1) is 11.7 Å². The molecule has 1 N–H and O–H groups in total. The van der Waals surface area contributed by atoms with Crippen LogP contribution in [0, 0.1) is 6.92 Å². The molecule has 1 fully saturated rings. The first-order valence-electron chi connectivity index (χ1n) is 6.82. The highest BCUT2D eigenvalue weighted by Crippen LogP contribution is 2.22. The molecular formula is C15H21NO3. The minimum Gasteiger partial charge on any atom is -0.507 e. The molecule has 0 saturated carbocycles. The van der Waals surface area contributed by atoms with Crippen LogP contribution < -0.4 is 0 Å². The second-order valence-electron chi connectivity index (χ2n) is 4.97. The Morgan fingerprint density at radius 1 is 1.42 bits per heavy atom. The SMILES string of the molecule is CCOC1CCN(C(=O)c2ccc(C)cc2O)CC1. The Morgan fingerprint density at radius 2 is 2.11 bits per heavy atom. The minimum atomic E-state index is -0.0903. The first kappa shape index (κ1) is 13.9. The van der Waals surface area contributed by atoms with Gasteiger partial charge in [-0.3, -0.25) is 4.79 Å². The van der Waals surface area contributed by atoms with E-state index in [1.165, 1.54) is 0 Å². The monoisotopic (exact) mass is 263 g/mol. The molecule has 0 bridgehead atoms. The Morgan fingerprint density at radius 3 is 2.68 bits per heavy atom. The first-order valence-corrected chi connectivity index (χ1v) is 6.82. The zero-order valence-corrected chi connectivity index (χ0v) is 11.6. The van der Waals surface area contributed by atoms with Crippen LogP contribution in [0.4, 0.5) is 0 Å². The van der Waals surface area contributed by atoms with E-state index in [4.69, 9.17) is 4.74 Å². The zero-order valence-electron chi connectivity index (χ0n) is 11.6. The number of piperidine rings is 1. The number of rotatable bonds is 3. The lowest BCUT2D eigenvalue weighted by molar-refractivity contribution is 0.0145. The average molecular weight is 263 g/mol. The number of likely N-dealkylation sites (tertiary alicyclic amines) is 1. The van der Waals surface area contributed by atoms with Crippen molar-refractivity contribution in [1.82, 2.24) is 4.90 Å². The molecule has 1 amide bonds. The summed E-state index contributed by atoms with van der Waals surface area (Å²) in [5.41, 5.74) is 1.34.